The number of carbonyl (C=O) groups excluding carboxylic acids is 1. The first-order valence-electron chi connectivity index (χ1n) is 2.21. The summed E-state index contributed by atoms with van der Waals surface area (Å²) in [6.45, 7) is 0. The van der Waals surface area contributed by atoms with Crippen molar-refractivity contribution in [1.29, 1.82) is 0 Å². The molecule has 0 fully saturated rings. The normalized spacial score (nSPS) is 7.11. The fourth-order valence-corrected chi connectivity index (χ4v) is 0.267. The molecular formula is C4H8N4O. The molecule has 0 aliphatic rings. The molecule has 0 saturated heterocycles. The number of anilines is 1. The summed E-state index contributed by atoms with van der Waals surface area (Å²) in [5.41, 5.74) is 9.33. The van der Waals surface area contributed by atoms with Crippen LogP contribution in [0.2, 0.25) is 0 Å². The van der Waals surface area contributed by atoms with Crippen LogP contribution in [-0.2, 0) is 4.79 Å². The van der Waals surface area contributed by atoms with Crippen molar-refractivity contribution in [2.24, 2.45) is 5.73 Å². The largest absolute Gasteiger partial charge is 0.384 e. The molecule has 1 amide bonds. The van der Waals surface area contributed by atoms with E-state index in [1.807, 2.05) is 0 Å². The number of aromatic amines is 1. The van der Waals surface area contributed by atoms with Gasteiger partial charge in [0.2, 0.25) is 6.41 Å². The zero-order valence-corrected chi connectivity index (χ0v) is 4.74. The number of aromatic nitrogens is 2. The maximum Gasteiger partial charge on any atom is 0.204 e. The molecule has 0 radical (unpaired) electrons. The van der Waals surface area contributed by atoms with Crippen LogP contribution in [0.1, 0.15) is 0 Å². The summed E-state index contributed by atoms with van der Waals surface area (Å²) >= 11 is 0. The number of amides is 1. The lowest BCUT2D eigenvalue weighted by atomic mass is 10.7. The number of H-pyrrole nitrogens is 1. The van der Waals surface area contributed by atoms with E-state index < -0.39 is 0 Å². The molecule has 0 saturated carbocycles. The Balaban J connectivity index is 0.000000187. The Labute approximate surface area is 52.0 Å². The average Bonchev–Trinajstić information content (AvgIpc) is 2.20. The number of nitrogen functional groups attached to an aromatic ring is 1. The predicted molar refractivity (Wildman–Crippen MR) is 33.3 cm³/mol. The number of hydrogen-bond donors (Lipinski definition) is 3. The van der Waals surface area contributed by atoms with Crippen LogP contribution >= 0.6 is 0 Å². The van der Waals surface area contributed by atoms with Crippen LogP contribution < -0.4 is 11.5 Å². The molecular weight excluding hydrogens is 120 g/mol. The van der Waals surface area contributed by atoms with Gasteiger partial charge in [-0.3, -0.25) is 9.89 Å². The zero-order valence-electron chi connectivity index (χ0n) is 4.74. The van der Waals surface area contributed by atoms with Gasteiger partial charge in [0, 0.05) is 0 Å². The second-order valence-corrected chi connectivity index (χ2v) is 1.15. The van der Waals surface area contributed by atoms with Crippen LogP contribution in [0, 0.1) is 0 Å². The molecule has 50 valence electrons. The van der Waals surface area contributed by atoms with Crippen molar-refractivity contribution in [2.45, 2.75) is 0 Å². The fraction of sp³-hybridized carbons (Fsp3) is 0. The topological polar surface area (TPSA) is 97.8 Å². The Bertz CT molecular complexity index is 148. The van der Waals surface area contributed by atoms with Crippen LogP contribution in [0.15, 0.2) is 12.3 Å². The fourth-order valence-electron chi connectivity index (χ4n) is 0.267. The van der Waals surface area contributed by atoms with Crippen molar-refractivity contribution >= 4 is 12.2 Å². The second kappa shape index (κ2) is 4.63. The molecule has 0 aromatic carbocycles. The SMILES string of the molecule is NC=O.Nc1ccn[nH]1. The summed E-state index contributed by atoms with van der Waals surface area (Å²) in [6, 6.07) is 1.69. The number of nitrogens with two attached hydrogens (primary N) is 2. The van der Waals surface area contributed by atoms with Gasteiger partial charge in [0.1, 0.15) is 5.82 Å². The molecule has 5 nitrogen and oxygen atoms in total. The smallest absolute Gasteiger partial charge is 0.204 e. The number of rotatable bonds is 0. The maximum absolute atomic E-state index is 8.58. The van der Waals surface area contributed by atoms with Crippen molar-refractivity contribution in [3.63, 3.8) is 0 Å². The molecule has 0 bridgehead atoms. The van der Waals surface area contributed by atoms with Crippen molar-refractivity contribution in [3.05, 3.63) is 12.3 Å². The molecule has 9 heavy (non-hydrogen) atoms. The van der Waals surface area contributed by atoms with Gasteiger partial charge in [-0.05, 0) is 6.07 Å². The highest BCUT2D eigenvalue weighted by atomic mass is 16.1. The van der Waals surface area contributed by atoms with Gasteiger partial charge in [0.25, 0.3) is 0 Å². The highest BCUT2D eigenvalue weighted by Gasteiger charge is 1.74. The molecule has 0 aliphatic carbocycles. The molecule has 1 heterocycles. The number of nitrogens with zero attached hydrogens (tertiary/aromatic N) is 1. The van der Waals surface area contributed by atoms with Gasteiger partial charge in [-0.2, -0.15) is 5.10 Å². The van der Waals surface area contributed by atoms with Crippen LogP contribution in [0.3, 0.4) is 0 Å². The van der Waals surface area contributed by atoms with Crippen molar-refractivity contribution in [3.8, 4) is 0 Å². The highest BCUT2D eigenvalue weighted by molar-refractivity contribution is 5.42. The Morgan fingerprint density at radius 1 is 1.78 bits per heavy atom. The molecule has 1 aromatic rings. The second-order valence-electron chi connectivity index (χ2n) is 1.15. The molecule has 0 spiro atoms. The third-order valence-corrected chi connectivity index (χ3v) is 0.522. The first-order chi connectivity index (χ1) is 4.31. The van der Waals surface area contributed by atoms with E-state index in [2.05, 4.69) is 15.9 Å². The van der Waals surface area contributed by atoms with Crippen LogP contribution in [-0.4, -0.2) is 16.6 Å². The van der Waals surface area contributed by atoms with E-state index in [1.165, 1.54) is 0 Å². The zero-order chi connectivity index (χ0) is 7.11. The standard InChI is InChI=1S/C3H5N3.CH3NO/c4-3-1-2-5-6-3;2-1-3/h1-2H,(H3,4,5,6);1H,(H2,2,3). The van der Waals surface area contributed by atoms with Gasteiger partial charge in [-0.15, -0.1) is 0 Å². The van der Waals surface area contributed by atoms with E-state index in [0.29, 0.717) is 5.82 Å². The minimum absolute atomic E-state index is 0.250. The van der Waals surface area contributed by atoms with Crippen molar-refractivity contribution < 1.29 is 4.79 Å². The van der Waals surface area contributed by atoms with E-state index in [-0.39, 0.29) is 6.41 Å². The lowest BCUT2D eigenvalue weighted by Crippen LogP contribution is -1.82. The van der Waals surface area contributed by atoms with Gasteiger partial charge in [-0.1, -0.05) is 0 Å². The maximum atomic E-state index is 8.58. The Kier molecular flexibility index (Phi) is 3.85. The Morgan fingerprint density at radius 2 is 2.33 bits per heavy atom. The van der Waals surface area contributed by atoms with Gasteiger partial charge in [-0.25, -0.2) is 0 Å². The summed E-state index contributed by atoms with van der Waals surface area (Å²) in [5, 5.41) is 6.10. The predicted octanol–water partition coefficient (Wildman–Crippen LogP) is -0.907. The lowest BCUT2D eigenvalue weighted by Gasteiger charge is -1.70. The quantitative estimate of drug-likeness (QED) is 0.394. The molecule has 0 unspecified atom stereocenters. The molecule has 5 N–H and O–H groups in total. The molecule has 1 aromatic heterocycles. The average molecular weight is 128 g/mol. The van der Waals surface area contributed by atoms with E-state index in [4.69, 9.17) is 10.5 Å². The highest BCUT2D eigenvalue weighted by Crippen LogP contribution is 1.86. The van der Waals surface area contributed by atoms with Gasteiger partial charge in [0.05, 0.1) is 6.20 Å². The van der Waals surface area contributed by atoms with Crippen molar-refractivity contribution in [2.75, 3.05) is 5.73 Å². The minimum Gasteiger partial charge on any atom is -0.384 e. The first-order valence-corrected chi connectivity index (χ1v) is 2.21. The number of nitrogens with one attached hydrogen (secondary N) is 1. The van der Waals surface area contributed by atoms with E-state index >= 15 is 0 Å². The lowest BCUT2D eigenvalue weighted by molar-refractivity contribution is -0.106. The molecule has 0 atom stereocenters. The Morgan fingerprint density at radius 3 is 2.44 bits per heavy atom. The molecule has 1 rings (SSSR count). The molecule has 5 heteroatoms. The summed E-state index contributed by atoms with van der Waals surface area (Å²) in [5.74, 6) is 0.606. The molecule has 0 aliphatic heterocycles. The summed E-state index contributed by atoms with van der Waals surface area (Å²) in [7, 11) is 0. The Hall–Kier alpha value is -1.52. The third kappa shape index (κ3) is 4.33. The van der Waals surface area contributed by atoms with Gasteiger partial charge in [0.15, 0.2) is 0 Å². The van der Waals surface area contributed by atoms with Crippen molar-refractivity contribution in [1.82, 2.24) is 10.2 Å². The van der Waals surface area contributed by atoms with Gasteiger partial charge < -0.3 is 11.5 Å². The third-order valence-electron chi connectivity index (χ3n) is 0.522. The van der Waals surface area contributed by atoms with E-state index in [9.17, 15) is 0 Å². The minimum atomic E-state index is 0.250. The van der Waals surface area contributed by atoms with Crippen LogP contribution in [0.25, 0.3) is 0 Å². The summed E-state index contributed by atoms with van der Waals surface area (Å²) < 4.78 is 0. The monoisotopic (exact) mass is 128 g/mol. The summed E-state index contributed by atoms with van der Waals surface area (Å²) in [4.78, 5) is 8.58. The number of carbonyl (C=O) groups is 1. The van der Waals surface area contributed by atoms with E-state index in [0.717, 1.165) is 0 Å². The first kappa shape index (κ1) is 7.48. The van der Waals surface area contributed by atoms with E-state index in [1.54, 1.807) is 12.3 Å². The van der Waals surface area contributed by atoms with Gasteiger partial charge >= 0.3 is 0 Å². The number of hydrogen-bond acceptors (Lipinski definition) is 3. The van der Waals surface area contributed by atoms with Crippen LogP contribution in [0.5, 0.6) is 0 Å². The summed E-state index contributed by atoms with van der Waals surface area (Å²) in [6.07, 6.45) is 1.86. The van der Waals surface area contributed by atoms with Crippen LogP contribution in [0.4, 0.5) is 5.82 Å². The number of primary amides is 1.